The molecule has 2 N–H and O–H groups in total. The fourth-order valence-electron chi connectivity index (χ4n) is 0.263. The van der Waals surface area contributed by atoms with E-state index in [1.807, 2.05) is 6.92 Å². The van der Waals surface area contributed by atoms with Gasteiger partial charge in [0.25, 0.3) is 0 Å². The van der Waals surface area contributed by atoms with E-state index in [1.165, 1.54) is 0 Å². The average Bonchev–Trinajstić information content (AvgIpc) is 1.61. The predicted molar refractivity (Wildman–Crippen MR) is 37.7 cm³/mol. The third kappa shape index (κ3) is 9.71. The van der Waals surface area contributed by atoms with E-state index < -0.39 is 0 Å². The topological polar surface area (TPSA) is 32.3 Å². The van der Waals surface area contributed by atoms with Crippen molar-refractivity contribution < 1.29 is 5.11 Å². The molecular formula is C4H11Cl2NO. The summed E-state index contributed by atoms with van der Waals surface area (Å²) < 4.78 is 0. The highest BCUT2D eigenvalue weighted by molar-refractivity contribution is 6.20. The number of alkyl halides is 1. The molecule has 0 aromatic rings. The molecule has 8 heavy (non-hydrogen) atoms. The van der Waals surface area contributed by atoms with E-state index >= 15 is 0 Å². The van der Waals surface area contributed by atoms with Gasteiger partial charge < -0.3 is 5.11 Å². The molecule has 0 amide bonds. The molecule has 0 heterocycles. The van der Waals surface area contributed by atoms with Crippen LogP contribution in [0.15, 0.2) is 0 Å². The van der Waals surface area contributed by atoms with Gasteiger partial charge in [0, 0.05) is 6.54 Å². The summed E-state index contributed by atoms with van der Waals surface area (Å²) in [5, 5.41) is 11.0. The lowest BCUT2D eigenvalue weighted by molar-refractivity contribution is 0.291. The van der Waals surface area contributed by atoms with Gasteiger partial charge in [0.15, 0.2) is 0 Å². The van der Waals surface area contributed by atoms with Gasteiger partial charge in [-0.1, -0.05) is 0 Å². The molecule has 0 saturated heterocycles. The summed E-state index contributed by atoms with van der Waals surface area (Å²) in [5.41, 5.74) is -0.0350. The Kier molecular flexibility index (Phi) is 10.6. The van der Waals surface area contributed by atoms with Gasteiger partial charge >= 0.3 is 0 Å². The fourth-order valence-corrected chi connectivity index (χ4v) is 0.373. The van der Waals surface area contributed by atoms with Gasteiger partial charge in [-0.15, -0.1) is 24.0 Å². The van der Waals surface area contributed by atoms with Crippen LogP contribution >= 0.6 is 24.0 Å². The molecule has 52 valence electrons. The summed E-state index contributed by atoms with van der Waals surface area (Å²) in [7, 11) is 0. The zero-order chi connectivity index (χ0) is 5.70. The summed E-state index contributed by atoms with van der Waals surface area (Å²) in [6.07, 6.45) is 0. The van der Waals surface area contributed by atoms with Gasteiger partial charge in [0.2, 0.25) is 0 Å². The maximum Gasteiger partial charge on any atom is 0.0797 e. The smallest absolute Gasteiger partial charge is 0.0797 e. The van der Waals surface area contributed by atoms with E-state index in [0.717, 1.165) is 0 Å². The third-order valence-corrected chi connectivity index (χ3v) is 0.692. The van der Waals surface area contributed by atoms with Gasteiger partial charge in [-0.05, 0) is 6.92 Å². The molecule has 0 spiro atoms. The van der Waals surface area contributed by atoms with Gasteiger partial charge in [0.05, 0.1) is 12.1 Å². The Hall–Kier alpha value is 0.500. The summed E-state index contributed by atoms with van der Waals surface area (Å²) in [4.78, 5) is 0. The van der Waals surface area contributed by atoms with E-state index in [2.05, 4.69) is 5.32 Å². The largest absolute Gasteiger partial charge is 0.395 e. The number of rotatable bonds is 3. The molecule has 2 nitrogen and oxygen atoms in total. The lowest BCUT2D eigenvalue weighted by Gasteiger charge is -2.00. The Bertz CT molecular complexity index is 43.0. The second kappa shape index (κ2) is 7.50. The lowest BCUT2D eigenvalue weighted by atomic mass is 10.6. The van der Waals surface area contributed by atoms with E-state index in [-0.39, 0.29) is 24.5 Å². The molecule has 4 heteroatoms. The van der Waals surface area contributed by atoms with Crippen molar-refractivity contribution in [2.45, 2.75) is 12.4 Å². The number of halogens is 2. The molecule has 0 aliphatic rings. The molecule has 0 aromatic heterocycles. The quantitative estimate of drug-likeness (QED) is 0.467. The van der Waals surface area contributed by atoms with E-state index in [4.69, 9.17) is 16.7 Å². The molecule has 0 bridgehead atoms. The van der Waals surface area contributed by atoms with Crippen molar-refractivity contribution in [3.05, 3.63) is 0 Å². The van der Waals surface area contributed by atoms with Crippen molar-refractivity contribution in [1.29, 1.82) is 0 Å². The summed E-state index contributed by atoms with van der Waals surface area (Å²) in [6.45, 7) is 2.54. The standard InChI is InChI=1S/C4H10ClNO.ClH/c1-4(5)6-2-3-7;/h4,6-7H,2-3H2,1H3;1H. The van der Waals surface area contributed by atoms with Crippen LogP contribution in [-0.4, -0.2) is 23.8 Å². The minimum Gasteiger partial charge on any atom is -0.395 e. The van der Waals surface area contributed by atoms with Crippen molar-refractivity contribution >= 4 is 24.0 Å². The van der Waals surface area contributed by atoms with E-state index in [9.17, 15) is 0 Å². The molecule has 0 saturated carbocycles. The second-order valence-electron chi connectivity index (χ2n) is 1.29. The molecule has 1 unspecified atom stereocenters. The molecule has 1 atom stereocenters. The first-order chi connectivity index (χ1) is 3.27. The van der Waals surface area contributed by atoms with Gasteiger partial charge in [-0.2, -0.15) is 0 Å². The predicted octanol–water partition coefficient (Wildman–Crippen LogP) is 0.575. The van der Waals surface area contributed by atoms with Crippen molar-refractivity contribution in [2.75, 3.05) is 13.2 Å². The Balaban J connectivity index is 0. The van der Waals surface area contributed by atoms with Crippen LogP contribution in [0.4, 0.5) is 0 Å². The van der Waals surface area contributed by atoms with Crippen molar-refractivity contribution in [2.24, 2.45) is 0 Å². The molecule has 0 aliphatic carbocycles. The highest BCUT2D eigenvalue weighted by Crippen LogP contribution is 1.83. The van der Waals surface area contributed by atoms with Gasteiger partial charge in [-0.3, -0.25) is 5.32 Å². The van der Waals surface area contributed by atoms with Gasteiger partial charge in [0.1, 0.15) is 0 Å². The van der Waals surface area contributed by atoms with E-state index in [0.29, 0.717) is 6.54 Å². The van der Waals surface area contributed by atoms with E-state index in [1.54, 1.807) is 0 Å². The number of aliphatic hydroxyl groups excluding tert-OH is 1. The third-order valence-electron chi connectivity index (χ3n) is 0.537. The second-order valence-corrected chi connectivity index (χ2v) is 1.95. The summed E-state index contributed by atoms with van der Waals surface area (Å²) in [6, 6.07) is 0. The number of aliphatic hydroxyl groups is 1. The first-order valence-corrected chi connectivity index (χ1v) is 2.69. The van der Waals surface area contributed by atoms with Gasteiger partial charge in [-0.25, -0.2) is 0 Å². The maximum absolute atomic E-state index is 8.19. The van der Waals surface area contributed by atoms with Crippen molar-refractivity contribution in [1.82, 2.24) is 5.32 Å². The minimum atomic E-state index is -0.0350. The Morgan fingerprint density at radius 1 is 1.75 bits per heavy atom. The number of hydrogen-bond acceptors (Lipinski definition) is 2. The molecule has 0 radical (unpaired) electrons. The molecule has 0 aliphatic heterocycles. The minimum absolute atomic E-state index is 0. The number of nitrogens with one attached hydrogen (secondary N) is 1. The van der Waals surface area contributed by atoms with Crippen LogP contribution in [-0.2, 0) is 0 Å². The maximum atomic E-state index is 8.19. The first kappa shape index (κ1) is 11.3. The molecule has 0 aromatic carbocycles. The summed E-state index contributed by atoms with van der Waals surface area (Å²) in [5.74, 6) is 0. The zero-order valence-electron chi connectivity index (χ0n) is 4.72. The van der Waals surface area contributed by atoms with Crippen LogP contribution in [0.5, 0.6) is 0 Å². The normalized spacial score (nSPS) is 12.4. The average molecular weight is 160 g/mol. The fraction of sp³-hybridized carbons (Fsp3) is 1.00. The zero-order valence-corrected chi connectivity index (χ0v) is 6.30. The molecule has 0 rings (SSSR count). The van der Waals surface area contributed by atoms with Crippen LogP contribution < -0.4 is 5.32 Å². The highest BCUT2D eigenvalue weighted by atomic mass is 35.5. The SMILES string of the molecule is CC(Cl)NCCO.Cl. The van der Waals surface area contributed by atoms with Crippen LogP contribution in [0.2, 0.25) is 0 Å². The first-order valence-electron chi connectivity index (χ1n) is 2.25. The highest BCUT2D eigenvalue weighted by Gasteiger charge is 1.88. The molecular weight excluding hydrogens is 149 g/mol. The Labute approximate surface area is 60.6 Å². The lowest BCUT2D eigenvalue weighted by Crippen LogP contribution is -2.23. The molecule has 0 fully saturated rings. The van der Waals surface area contributed by atoms with Crippen molar-refractivity contribution in [3.8, 4) is 0 Å². The number of hydrogen-bond donors (Lipinski definition) is 2. The van der Waals surface area contributed by atoms with Crippen LogP contribution in [0.1, 0.15) is 6.92 Å². The van der Waals surface area contributed by atoms with Crippen LogP contribution in [0.3, 0.4) is 0 Å². The van der Waals surface area contributed by atoms with Crippen LogP contribution in [0.25, 0.3) is 0 Å². The van der Waals surface area contributed by atoms with Crippen molar-refractivity contribution in [3.63, 3.8) is 0 Å². The Morgan fingerprint density at radius 3 is 2.38 bits per heavy atom. The Morgan fingerprint density at radius 2 is 2.25 bits per heavy atom. The summed E-state index contributed by atoms with van der Waals surface area (Å²) >= 11 is 5.43. The monoisotopic (exact) mass is 159 g/mol. The van der Waals surface area contributed by atoms with Crippen LogP contribution in [0, 0.1) is 0 Å².